The fraction of sp³-hybridized carbons (Fsp3) is 0.824. The zero-order chi connectivity index (χ0) is 14.2. The van der Waals surface area contributed by atoms with E-state index >= 15 is 0 Å². The summed E-state index contributed by atoms with van der Waals surface area (Å²) in [5.41, 5.74) is 1.17. The van der Waals surface area contributed by atoms with Crippen LogP contribution >= 0.6 is 0 Å². The summed E-state index contributed by atoms with van der Waals surface area (Å²) in [6, 6.07) is 0. The smallest absolute Gasteiger partial charge is 0.333 e. The second kappa shape index (κ2) is 5.51. The molecule has 112 valence electrons. The van der Waals surface area contributed by atoms with Crippen LogP contribution in [-0.2, 0) is 9.53 Å². The van der Waals surface area contributed by atoms with Gasteiger partial charge < -0.3 is 10.1 Å². The Bertz CT molecular complexity index is 378. The van der Waals surface area contributed by atoms with Crippen molar-refractivity contribution in [2.45, 2.75) is 57.4 Å². The molecular weight excluding hydrogens is 250 g/mol. The van der Waals surface area contributed by atoms with E-state index in [1.54, 1.807) is 0 Å². The second-order valence-electron chi connectivity index (χ2n) is 7.15. The van der Waals surface area contributed by atoms with Gasteiger partial charge in [-0.3, -0.25) is 0 Å². The minimum atomic E-state index is -0.181. The van der Waals surface area contributed by atoms with Crippen molar-refractivity contribution in [3.8, 4) is 0 Å². The summed E-state index contributed by atoms with van der Waals surface area (Å²) >= 11 is 0. The van der Waals surface area contributed by atoms with E-state index in [1.807, 2.05) is 13.0 Å². The Morgan fingerprint density at radius 2 is 1.75 bits per heavy atom. The largest absolute Gasteiger partial charge is 0.466 e. The quantitative estimate of drug-likeness (QED) is 0.620. The van der Waals surface area contributed by atoms with Crippen molar-refractivity contribution in [3.05, 3.63) is 11.6 Å². The molecule has 4 aliphatic rings. The van der Waals surface area contributed by atoms with Gasteiger partial charge in [-0.1, -0.05) is 13.0 Å². The predicted molar refractivity (Wildman–Crippen MR) is 79.3 cm³/mol. The highest BCUT2D eigenvalue weighted by molar-refractivity contribution is 5.88. The van der Waals surface area contributed by atoms with Crippen LogP contribution in [0, 0.1) is 17.8 Å². The molecule has 0 amide bonds. The molecular formula is C17H27NO2. The zero-order valence-corrected chi connectivity index (χ0v) is 12.8. The first-order chi connectivity index (χ1) is 9.64. The normalized spacial score (nSPS) is 39.1. The molecule has 4 rings (SSSR count). The highest BCUT2D eigenvalue weighted by atomic mass is 16.5. The Kier molecular flexibility index (Phi) is 3.89. The van der Waals surface area contributed by atoms with Gasteiger partial charge in [0, 0.05) is 17.7 Å². The molecule has 0 radical (unpaired) electrons. The lowest BCUT2D eigenvalue weighted by molar-refractivity contribution is -0.136. The summed E-state index contributed by atoms with van der Waals surface area (Å²) in [5.74, 6) is 2.71. The summed E-state index contributed by atoms with van der Waals surface area (Å²) in [5, 5.41) is 3.79. The summed E-state index contributed by atoms with van der Waals surface area (Å²) in [6.07, 6.45) is 11.3. The van der Waals surface area contributed by atoms with Crippen molar-refractivity contribution in [1.82, 2.24) is 5.32 Å². The predicted octanol–water partition coefficient (Wildman–Crippen LogP) is 3.05. The molecule has 0 aromatic carbocycles. The highest BCUT2D eigenvalue weighted by Crippen LogP contribution is 2.55. The van der Waals surface area contributed by atoms with Gasteiger partial charge in [-0.15, -0.1) is 0 Å². The molecule has 0 unspecified atom stereocenters. The van der Waals surface area contributed by atoms with Gasteiger partial charge in [0.25, 0.3) is 0 Å². The molecule has 0 spiro atoms. The van der Waals surface area contributed by atoms with Gasteiger partial charge >= 0.3 is 5.97 Å². The molecule has 4 saturated carbocycles. The number of hydrogen-bond donors (Lipinski definition) is 1. The first-order valence-electron chi connectivity index (χ1n) is 8.16. The van der Waals surface area contributed by atoms with Gasteiger partial charge in [0.2, 0.25) is 0 Å². The minimum Gasteiger partial charge on any atom is -0.466 e. The topological polar surface area (TPSA) is 38.3 Å². The van der Waals surface area contributed by atoms with Crippen LogP contribution in [0.1, 0.15) is 51.9 Å². The first-order valence-corrected chi connectivity index (χ1v) is 8.16. The maximum atomic E-state index is 11.6. The molecule has 1 N–H and O–H groups in total. The molecule has 0 aliphatic heterocycles. The molecule has 3 heteroatoms. The second-order valence-corrected chi connectivity index (χ2v) is 7.15. The number of esters is 1. The van der Waals surface area contributed by atoms with E-state index in [1.165, 1.54) is 45.6 Å². The highest BCUT2D eigenvalue weighted by Gasteiger charge is 2.50. The molecule has 0 heterocycles. The maximum absolute atomic E-state index is 11.6. The van der Waals surface area contributed by atoms with Crippen LogP contribution in [0.4, 0.5) is 0 Å². The average molecular weight is 277 g/mol. The molecule has 0 saturated heterocycles. The number of carbonyl (C=O) groups excluding carboxylic acids is 1. The van der Waals surface area contributed by atoms with Crippen molar-refractivity contribution in [3.63, 3.8) is 0 Å². The van der Waals surface area contributed by atoms with Crippen LogP contribution in [0.15, 0.2) is 11.6 Å². The third-order valence-electron chi connectivity index (χ3n) is 5.69. The Morgan fingerprint density at radius 1 is 1.20 bits per heavy atom. The summed E-state index contributed by atoms with van der Waals surface area (Å²) in [4.78, 5) is 11.6. The molecule has 4 bridgehead atoms. The van der Waals surface area contributed by atoms with Crippen molar-refractivity contribution in [2.75, 3.05) is 13.7 Å². The van der Waals surface area contributed by atoms with E-state index in [2.05, 4.69) is 5.32 Å². The van der Waals surface area contributed by atoms with Gasteiger partial charge in [0.05, 0.1) is 7.11 Å². The van der Waals surface area contributed by atoms with E-state index in [0.29, 0.717) is 5.54 Å². The van der Waals surface area contributed by atoms with E-state index in [-0.39, 0.29) is 5.97 Å². The van der Waals surface area contributed by atoms with Crippen molar-refractivity contribution < 1.29 is 9.53 Å². The molecule has 4 fully saturated rings. The Balaban J connectivity index is 1.61. The van der Waals surface area contributed by atoms with Gasteiger partial charge in [-0.2, -0.15) is 0 Å². The monoisotopic (exact) mass is 277 g/mol. The maximum Gasteiger partial charge on any atom is 0.333 e. The van der Waals surface area contributed by atoms with Crippen LogP contribution < -0.4 is 5.32 Å². The van der Waals surface area contributed by atoms with Crippen LogP contribution in [0.5, 0.6) is 0 Å². The molecule has 0 aromatic rings. The summed E-state index contributed by atoms with van der Waals surface area (Å²) < 4.78 is 4.81. The lowest BCUT2D eigenvalue weighted by atomic mass is 9.53. The molecule has 3 nitrogen and oxygen atoms in total. The fourth-order valence-electron chi connectivity index (χ4n) is 5.22. The Hall–Kier alpha value is -0.830. The molecule has 20 heavy (non-hydrogen) atoms. The number of methoxy groups -OCH3 is 1. The van der Waals surface area contributed by atoms with E-state index in [0.717, 1.165) is 36.3 Å². The number of hydrogen-bond acceptors (Lipinski definition) is 3. The number of carbonyl (C=O) groups is 1. The van der Waals surface area contributed by atoms with E-state index < -0.39 is 0 Å². The average Bonchev–Trinajstić information content (AvgIpc) is 2.41. The Morgan fingerprint density at radius 3 is 2.20 bits per heavy atom. The standard InChI is InChI=1S/C17H27NO2/c1-3-15(16(19)20-2)4-5-18-17-9-12-6-13(10-17)8-14(7-12)11-17/h4,12-14,18H,3,5-11H2,1-2H3. The summed E-state index contributed by atoms with van der Waals surface area (Å²) in [7, 11) is 1.46. The van der Waals surface area contributed by atoms with Crippen LogP contribution in [-0.4, -0.2) is 25.2 Å². The number of ether oxygens (including phenoxy) is 1. The zero-order valence-electron chi connectivity index (χ0n) is 12.8. The van der Waals surface area contributed by atoms with Gasteiger partial charge in [-0.25, -0.2) is 4.79 Å². The lowest BCUT2D eigenvalue weighted by Crippen LogP contribution is -2.58. The lowest BCUT2D eigenvalue weighted by Gasteiger charge is -2.57. The van der Waals surface area contributed by atoms with Crippen molar-refractivity contribution >= 4 is 5.97 Å². The molecule has 0 aromatic heterocycles. The third kappa shape index (κ3) is 2.65. The Labute approximate surface area is 122 Å². The van der Waals surface area contributed by atoms with Crippen LogP contribution in [0.2, 0.25) is 0 Å². The third-order valence-corrected chi connectivity index (χ3v) is 5.69. The number of nitrogens with one attached hydrogen (secondary N) is 1. The van der Waals surface area contributed by atoms with E-state index in [4.69, 9.17) is 4.74 Å². The molecule has 4 aliphatic carbocycles. The minimum absolute atomic E-state index is 0.181. The summed E-state index contributed by atoms with van der Waals surface area (Å²) in [6.45, 7) is 2.82. The van der Waals surface area contributed by atoms with Crippen LogP contribution in [0.3, 0.4) is 0 Å². The van der Waals surface area contributed by atoms with Gasteiger partial charge in [0.1, 0.15) is 0 Å². The van der Waals surface area contributed by atoms with E-state index in [9.17, 15) is 4.79 Å². The van der Waals surface area contributed by atoms with Crippen LogP contribution in [0.25, 0.3) is 0 Å². The fourth-order valence-corrected chi connectivity index (χ4v) is 5.22. The number of rotatable bonds is 5. The SMILES string of the molecule is CCC(=CCNC12CC3CC(CC(C3)C1)C2)C(=O)OC. The van der Waals surface area contributed by atoms with Gasteiger partial charge in [-0.05, 0) is 62.7 Å². The van der Waals surface area contributed by atoms with Crippen molar-refractivity contribution in [2.24, 2.45) is 17.8 Å². The van der Waals surface area contributed by atoms with Gasteiger partial charge in [0.15, 0.2) is 0 Å². The van der Waals surface area contributed by atoms with Crippen molar-refractivity contribution in [1.29, 1.82) is 0 Å². The molecule has 0 atom stereocenters. The first kappa shape index (κ1) is 14.1.